The van der Waals surface area contributed by atoms with Crippen LogP contribution in [0.2, 0.25) is 0 Å². The lowest BCUT2D eigenvalue weighted by atomic mass is 9.83. The number of ketones is 3. The van der Waals surface area contributed by atoms with Crippen LogP contribution in [0.15, 0.2) is 0 Å². The van der Waals surface area contributed by atoms with Gasteiger partial charge in [0.15, 0.2) is 0 Å². The van der Waals surface area contributed by atoms with Crippen molar-refractivity contribution in [3.63, 3.8) is 0 Å². The van der Waals surface area contributed by atoms with Crippen molar-refractivity contribution in [2.24, 2.45) is 33.8 Å². The first-order chi connectivity index (χ1) is 30.1. The summed E-state index contributed by atoms with van der Waals surface area (Å²) in [6.45, 7) is 30.9. The van der Waals surface area contributed by atoms with E-state index in [4.69, 9.17) is 16.7 Å². The van der Waals surface area contributed by atoms with E-state index in [9.17, 15) is 47.9 Å². The molecule has 20 nitrogen and oxygen atoms in total. The number of hydrogen-bond acceptors (Lipinski definition) is 14. The van der Waals surface area contributed by atoms with Gasteiger partial charge in [-0.05, 0) is 64.1 Å². The number of aliphatic carboxylic acids is 1. The molecule has 3 aliphatic rings. The van der Waals surface area contributed by atoms with Gasteiger partial charge in [-0.2, -0.15) is 0 Å². The van der Waals surface area contributed by atoms with Gasteiger partial charge in [0, 0.05) is 47.5 Å². The van der Waals surface area contributed by atoms with Crippen LogP contribution in [0.25, 0.3) is 0 Å². The first-order valence-electron chi connectivity index (χ1n) is 22.3. The van der Waals surface area contributed by atoms with Crippen LogP contribution in [-0.2, 0) is 47.9 Å². The largest absolute Gasteiger partial charge is 0.480 e. The monoisotopic (exact) mass is 947 g/mol. The van der Waals surface area contributed by atoms with E-state index in [1.807, 2.05) is 34.6 Å². The summed E-state index contributed by atoms with van der Waals surface area (Å²) < 4.78 is 4.43. The van der Waals surface area contributed by atoms with E-state index in [0.29, 0.717) is 57.6 Å². The van der Waals surface area contributed by atoms with Crippen LogP contribution in [0, 0.1) is 22.2 Å². The van der Waals surface area contributed by atoms with Gasteiger partial charge in [-0.25, -0.2) is 9.59 Å². The van der Waals surface area contributed by atoms with Crippen molar-refractivity contribution in [2.45, 2.75) is 154 Å². The van der Waals surface area contributed by atoms with Gasteiger partial charge in [-0.3, -0.25) is 60.9 Å². The topological polar surface area (TPSA) is 289 Å². The molecule has 0 aromatic carbocycles. The van der Waals surface area contributed by atoms with Crippen molar-refractivity contribution < 1.29 is 57.8 Å². The Morgan fingerprint density at radius 2 is 0.877 bits per heavy atom. The number of hydrazine groups is 2. The number of nitrogens with one attached hydrogen (secondary N) is 2. The number of rotatable bonds is 17. The Labute approximate surface area is 390 Å². The zero-order valence-corrected chi connectivity index (χ0v) is 42.0. The summed E-state index contributed by atoms with van der Waals surface area (Å²) in [7, 11) is 0. The standard InChI is InChI=1S/C22H34N4O6.C11H17NO4.C6H15N.C5H9ClO2.H4N2/c1-7-21(3,4)15(27)19(31)25-11-9-13(25)17(29)23-24-18(30)14-10-12-26(14)20(32)16(28)22(5,6)8-2;1-4-11(2,3)8(13)9(14)12-6-5-7(12)10(15)16;1-4-7(5-2)6-3;1-4(2)3-8-5(6)7;1-2/h13-14H,7-12H2,1-6H3,(H,23,29)(H,24,30);7H,4-6H2,1-3H3,(H,15,16);4-6H2,1-3H3;4H,3H2,1-2H3;1-2H2/t13-,14?;7-;;;/m00.../s1. The van der Waals surface area contributed by atoms with Crippen molar-refractivity contribution in [1.29, 1.82) is 0 Å². The number of ether oxygens (including phenoxy) is 1. The van der Waals surface area contributed by atoms with Gasteiger partial charge < -0.3 is 29.4 Å². The molecule has 0 spiro atoms. The maximum atomic E-state index is 12.5. The Kier molecular flexibility index (Phi) is 28.1. The molecule has 0 aromatic rings. The van der Waals surface area contributed by atoms with Crippen LogP contribution in [0.4, 0.5) is 4.79 Å². The number of nitrogens with zero attached hydrogens (tertiary/aromatic N) is 4. The van der Waals surface area contributed by atoms with Crippen LogP contribution in [0.1, 0.15) is 135 Å². The Morgan fingerprint density at radius 3 is 1.03 bits per heavy atom. The molecule has 3 rings (SSSR count). The van der Waals surface area contributed by atoms with E-state index in [2.05, 4.69) is 52.9 Å². The smallest absolute Gasteiger partial charge is 0.403 e. The molecule has 7 N–H and O–H groups in total. The fourth-order valence-electron chi connectivity index (χ4n) is 5.63. The van der Waals surface area contributed by atoms with E-state index in [1.165, 1.54) is 29.4 Å². The number of carboxylic acids is 1. The number of halogens is 1. The second kappa shape index (κ2) is 29.2. The maximum absolute atomic E-state index is 12.5. The average molecular weight is 948 g/mol. The molecule has 0 aromatic heterocycles. The molecule has 3 atom stereocenters. The molecule has 65 heavy (non-hydrogen) atoms. The summed E-state index contributed by atoms with van der Waals surface area (Å²) in [5.74, 6) is 2.42. The first kappa shape index (κ1) is 62.6. The third-order valence-electron chi connectivity index (χ3n) is 12.0. The summed E-state index contributed by atoms with van der Waals surface area (Å²) in [6, 6.07) is -2.50. The third kappa shape index (κ3) is 19.1. The molecule has 21 heteroatoms. The number of carboxylic acid groups (broad SMARTS) is 1. The van der Waals surface area contributed by atoms with Crippen LogP contribution in [0.5, 0.6) is 0 Å². The van der Waals surface area contributed by atoms with E-state index < -0.39 is 92.7 Å². The predicted octanol–water partition coefficient (Wildman–Crippen LogP) is 3.21. The van der Waals surface area contributed by atoms with Crippen LogP contribution in [-0.4, -0.2) is 147 Å². The number of likely N-dealkylation sites (tertiary alicyclic amines) is 3. The Morgan fingerprint density at radius 1 is 0.600 bits per heavy atom. The lowest BCUT2D eigenvalue weighted by Crippen LogP contribution is -2.65. The molecular weight excluding hydrogens is 868 g/mol. The van der Waals surface area contributed by atoms with E-state index >= 15 is 0 Å². The van der Waals surface area contributed by atoms with Gasteiger partial charge in [-0.15, -0.1) is 0 Å². The molecule has 1 unspecified atom stereocenters. The number of amides is 5. The van der Waals surface area contributed by atoms with Gasteiger partial charge in [-0.1, -0.05) is 96.9 Å². The van der Waals surface area contributed by atoms with Crippen molar-refractivity contribution in [3.05, 3.63) is 0 Å². The minimum atomic E-state index is -1.04. The zero-order chi connectivity index (χ0) is 51.2. The normalized spacial score (nSPS) is 17.5. The van der Waals surface area contributed by atoms with E-state index in [1.54, 1.807) is 41.5 Å². The number of hydrogen-bond donors (Lipinski definition) is 5. The fraction of sp³-hybridized carbons (Fsp3) is 0.773. The highest BCUT2D eigenvalue weighted by Crippen LogP contribution is 2.28. The van der Waals surface area contributed by atoms with Gasteiger partial charge in [0.25, 0.3) is 29.5 Å². The molecule has 0 radical (unpaired) electrons. The van der Waals surface area contributed by atoms with Gasteiger partial charge in [0.1, 0.15) is 18.1 Å². The molecule has 0 saturated carbocycles. The number of carbonyl (C=O) groups is 10. The Bertz CT molecular complexity index is 1580. The highest BCUT2D eigenvalue weighted by molar-refractivity contribution is 6.61. The van der Waals surface area contributed by atoms with Gasteiger partial charge in [0.05, 0.1) is 6.61 Å². The fourth-order valence-corrected chi connectivity index (χ4v) is 5.69. The number of carbonyl (C=O) groups excluding carboxylic acids is 9. The number of nitrogens with two attached hydrogens (primary N) is 2. The summed E-state index contributed by atoms with van der Waals surface area (Å²) in [4.78, 5) is 125. The molecule has 3 fully saturated rings. The Hall–Kier alpha value is -4.53. The Balaban J connectivity index is 0. The molecule has 0 bridgehead atoms. The SMILES string of the molecule is CC(C)COC(=O)Cl.CCC(C)(C)C(=O)C(=O)N1CCC1C(=O)NNC(=O)[C@@H]1CCN1C(=O)C(=O)C(C)(C)CC.CCC(C)(C)C(=O)C(=O)N1CC[C@H]1C(=O)O.CCN(CC)CC.NN. The van der Waals surface area contributed by atoms with Crippen LogP contribution >= 0.6 is 11.6 Å². The van der Waals surface area contributed by atoms with Crippen molar-refractivity contribution in [2.75, 3.05) is 45.9 Å². The molecule has 3 aliphatic heterocycles. The lowest BCUT2D eigenvalue weighted by molar-refractivity contribution is -0.162. The highest BCUT2D eigenvalue weighted by atomic mass is 35.5. The van der Waals surface area contributed by atoms with E-state index in [0.717, 1.165) is 4.90 Å². The van der Waals surface area contributed by atoms with Crippen molar-refractivity contribution >= 4 is 69.9 Å². The predicted molar refractivity (Wildman–Crippen MR) is 245 cm³/mol. The van der Waals surface area contributed by atoms with Crippen LogP contribution in [0.3, 0.4) is 0 Å². The quantitative estimate of drug-likeness (QED) is 0.0606. The summed E-state index contributed by atoms with van der Waals surface area (Å²) in [6.07, 6.45) is 2.73. The van der Waals surface area contributed by atoms with Crippen molar-refractivity contribution in [3.8, 4) is 0 Å². The molecule has 5 amide bonds. The second-order valence-electron chi connectivity index (χ2n) is 18.0. The number of Topliss-reactive ketones (excluding diaryl/α,β-unsaturated/α-hetero) is 3. The third-order valence-corrected chi connectivity index (χ3v) is 12.1. The van der Waals surface area contributed by atoms with E-state index in [-0.39, 0.29) is 13.1 Å². The minimum absolute atomic E-state index is 0.288. The molecule has 0 aliphatic carbocycles. The molecule has 3 heterocycles. The lowest BCUT2D eigenvalue weighted by Gasteiger charge is -2.41. The molecule has 374 valence electrons. The summed E-state index contributed by atoms with van der Waals surface area (Å²) in [5.41, 5.74) is 1.48. The van der Waals surface area contributed by atoms with Crippen LogP contribution < -0.4 is 22.5 Å². The highest BCUT2D eigenvalue weighted by Gasteiger charge is 2.46. The van der Waals surface area contributed by atoms with Gasteiger partial charge in [0.2, 0.25) is 17.3 Å². The summed E-state index contributed by atoms with van der Waals surface area (Å²) in [5, 5.41) is 8.79. The minimum Gasteiger partial charge on any atom is -0.480 e. The zero-order valence-electron chi connectivity index (χ0n) is 41.3. The molecule has 3 saturated heterocycles. The summed E-state index contributed by atoms with van der Waals surface area (Å²) >= 11 is 4.86. The van der Waals surface area contributed by atoms with Gasteiger partial charge >= 0.3 is 11.4 Å². The van der Waals surface area contributed by atoms with Crippen molar-refractivity contribution in [1.82, 2.24) is 30.5 Å². The maximum Gasteiger partial charge on any atom is 0.403 e. The average Bonchev–Trinajstić information content (AvgIpc) is 3.21. The first-order valence-corrected chi connectivity index (χ1v) is 22.7. The molecular formula is C44H79ClN8O12. The second-order valence-corrected chi connectivity index (χ2v) is 18.3.